The van der Waals surface area contributed by atoms with Crippen molar-refractivity contribution in [2.24, 2.45) is 17.5 Å². The van der Waals surface area contributed by atoms with Gasteiger partial charge in [-0.05, 0) is 18.2 Å². The number of rotatable bonds is 4. The maximum atomic E-state index is 11.2. The van der Waals surface area contributed by atoms with E-state index in [1.54, 1.807) is 0 Å². The molecular weight excluding hydrogens is 226 g/mol. The zero-order valence-corrected chi connectivity index (χ0v) is 10.0. The molecule has 0 heterocycles. The molecule has 0 saturated heterocycles. The van der Waals surface area contributed by atoms with Crippen LogP contribution in [0.5, 0.6) is 0 Å². The molecule has 0 bridgehead atoms. The fourth-order valence-corrected chi connectivity index (χ4v) is 2.11. The second-order valence-corrected chi connectivity index (χ2v) is 4.55. The molecule has 17 heavy (non-hydrogen) atoms. The van der Waals surface area contributed by atoms with Gasteiger partial charge in [0.15, 0.2) is 6.04 Å². The Morgan fingerprint density at radius 1 is 1.12 bits per heavy atom. The fourth-order valence-electron chi connectivity index (χ4n) is 2.11. The van der Waals surface area contributed by atoms with Gasteiger partial charge in [-0.3, -0.25) is 0 Å². The zero-order valence-electron chi connectivity index (χ0n) is 10.0. The van der Waals surface area contributed by atoms with Gasteiger partial charge in [0.2, 0.25) is 0 Å². The smallest absolute Gasteiger partial charge is 0.164 e. The first-order chi connectivity index (χ1) is 7.93. The average molecular weight is 250 g/mol. The third kappa shape index (κ3) is 4.79. The lowest BCUT2D eigenvalue weighted by Gasteiger charge is -2.34. The first kappa shape index (κ1) is 14.7. The molecule has 9 nitrogen and oxygen atoms in total. The van der Waals surface area contributed by atoms with Crippen LogP contribution in [-0.4, -0.2) is 10.9 Å². The van der Waals surface area contributed by atoms with Crippen molar-refractivity contribution in [1.82, 2.24) is 0 Å². The third-order valence-electron chi connectivity index (χ3n) is 3.11. The van der Waals surface area contributed by atoms with E-state index >= 15 is 0 Å². The normalized spacial score (nSPS) is 23.8. The molecule has 1 aliphatic carbocycles. The van der Waals surface area contributed by atoms with Crippen molar-refractivity contribution in [1.29, 1.82) is 0 Å². The van der Waals surface area contributed by atoms with Crippen molar-refractivity contribution >= 4 is 0 Å². The quantitative estimate of drug-likeness (QED) is 0.213. The van der Waals surface area contributed by atoms with Gasteiger partial charge in [0, 0.05) is 17.7 Å². The Balaban J connectivity index is 2.53. The minimum atomic E-state index is -0.975. The number of nitrogens with zero attached hydrogens (tertiary/aromatic N) is 1. The largest absolute Gasteiger partial charge is 0.544 e. The van der Waals surface area contributed by atoms with Crippen LogP contribution >= 0.6 is 0 Å². The van der Waals surface area contributed by atoms with E-state index in [1.807, 2.05) is 0 Å². The Kier molecular flexibility index (Phi) is 5.66. The molecule has 9 heteroatoms. The Morgan fingerprint density at radius 2 is 1.59 bits per heavy atom. The molecule has 0 aromatic rings. The highest BCUT2D eigenvalue weighted by atomic mass is 17.1. The lowest BCUT2D eigenvalue weighted by Crippen LogP contribution is -3.58. The summed E-state index contributed by atoms with van der Waals surface area (Å²) < 4.78 is 0. The average Bonchev–Trinajstić information content (AvgIpc) is 2.14. The summed E-state index contributed by atoms with van der Waals surface area (Å²) >= 11 is 0. The van der Waals surface area contributed by atoms with Gasteiger partial charge in [-0.2, -0.15) is 0 Å². The Bertz CT molecular complexity index is 218. The molecule has 0 aromatic carbocycles. The van der Waals surface area contributed by atoms with Crippen LogP contribution < -0.4 is 28.1 Å². The van der Waals surface area contributed by atoms with E-state index < -0.39 is 15.4 Å². The van der Waals surface area contributed by atoms with E-state index in [2.05, 4.69) is 0 Å². The molecule has 2 atom stereocenters. The third-order valence-corrected chi connectivity index (χ3v) is 3.11. The van der Waals surface area contributed by atoms with Gasteiger partial charge >= 0.3 is 0 Å². The summed E-state index contributed by atoms with van der Waals surface area (Å²) in [6.45, 7) is 0. The van der Waals surface area contributed by atoms with Gasteiger partial charge in [-0.15, -0.1) is 22.8 Å². The summed E-state index contributed by atoms with van der Waals surface area (Å²) in [5.74, 6) is 23.5. The number of hydrogen-bond acceptors (Lipinski definition) is 5. The van der Waals surface area contributed by atoms with E-state index in [0.717, 1.165) is 38.5 Å². The van der Waals surface area contributed by atoms with Crippen LogP contribution in [0.25, 0.3) is 5.84 Å². The standard InChI is InChI=1S/C8H24N7O2/c9-13(10)14(16)17-15(11,12)8-6-4-2-1-3-5-7-8/h8-9,13-14H,1-7,10-12H2/q+1. The van der Waals surface area contributed by atoms with Gasteiger partial charge in [0.05, 0.1) is 4.94 Å². The summed E-state index contributed by atoms with van der Waals surface area (Å²) in [4.78, 5) is 4.02. The van der Waals surface area contributed by atoms with Crippen LogP contribution in [0.4, 0.5) is 0 Å². The molecular formula is C8H24N7O2+. The highest BCUT2D eigenvalue weighted by molar-refractivity contribution is 4.61. The van der Waals surface area contributed by atoms with Crippen LogP contribution in [0.1, 0.15) is 44.9 Å². The van der Waals surface area contributed by atoms with Crippen LogP contribution in [0.3, 0.4) is 0 Å². The van der Waals surface area contributed by atoms with Crippen molar-refractivity contribution in [3.63, 3.8) is 0 Å². The molecule has 102 valence electrons. The highest BCUT2D eigenvalue weighted by Gasteiger charge is 2.38. The zero-order chi connectivity index (χ0) is 12.9. The fraction of sp³-hybridized carbons (Fsp3) is 1.00. The van der Waals surface area contributed by atoms with Crippen molar-refractivity contribution < 1.29 is 20.4 Å². The minimum absolute atomic E-state index is 0.126. The molecule has 1 aliphatic rings. The van der Waals surface area contributed by atoms with Crippen LogP contribution in [0.15, 0.2) is 0 Å². The second kappa shape index (κ2) is 6.54. The van der Waals surface area contributed by atoms with Crippen molar-refractivity contribution in [2.75, 3.05) is 0 Å². The molecule has 1 saturated carbocycles. The highest BCUT2D eigenvalue weighted by Crippen LogP contribution is 2.21. The number of hydrogen-bond donors (Lipinski definition) is 5. The lowest BCUT2D eigenvalue weighted by atomic mass is 9.97. The van der Waals surface area contributed by atoms with E-state index in [9.17, 15) is 5.21 Å². The first-order valence-corrected chi connectivity index (χ1v) is 5.97. The van der Waals surface area contributed by atoms with Gasteiger partial charge < -0.3 is 11.0 Å². The Hall–Kier alpha value is -0.360. The summed E-state index contributed by atoms with van der Waals surface area (Å²) in [7, 11) is 0. The summed E-state index contributed by atoms with van der Waals surface area (Å²) in [6.07, 6.45) is 7.22. The maximum absolute atomic E-state index is 11.2. The van der Waals surface area contributed by atoms with Crippen LogP contribution in [0.2, 0.25) is 0 Å². The van der Waals surface area contributed by atoms with Crippen molar-refractivity contribution in [3.05, 3.63) is 11.0 Å². The van der Waals surface area contributed by atoms with Crippen molar-refractivity contribution in [3.8, 4) is 0 Å². The van der Waals surface area contributed by atoms with Crippen LogP contribution in [-0.2, 0) is 4.94 Å². The predicted molar refractivity (Wildman–Crippen MR) is 59.6 cm³/mol. The monoisotopic (exact) mass is 250 g/mol. The second-order valence-electron chi connectivity index (χ2n) is 4.55. The number of quaternary nitrogens is 3. The van der Waals surface area contributed by atoms with E-state index in [1.165, 1.54) is 6.42 Å². The Morgan fingerprint density at radius 3 is 2.06 bits per heavy atom. The summed E-state index contributed by atoms with van der Waals surface area (Å²) in [6, 6.07) is -0.126. The van der Waals surface area contributed by atoms with E-state index in [0.29, 0.717) is 0 Å². The first-order valence-electron chi connectivity index (χ1n) is 5.97. The topological polar surface area (TPSA) is 143 Å². The maximum Gasteiger partial charge on any atom is 0.164 e. The van der Waals surface area contributed by atoms with Gasteiger partial charge in [-0.1, -0.05) is 19.3 Å². The molecule has 0 aromatic heterocycles. The van der Waals surface area contributed by atoms with Crippen LogP contribution in [0, 0.1) is 5.21 Å². The lowest BCUT2D eigenvalue weighted by molar-refractivity contribution is -1.62. The molecule has 2 unspecified atom stereocenters. The number of hydroxylamine groups is 1. The van der Waals surface area contributed by atoms with E-state index in [-0.39, 0.29) is 6.04 Å². The summed E-state index contributed by atoms with van der Waals surface area (Å²) in [5, 5.41) is 9.55. The van der Waals surface area contributed by atoms with Gasteiger partial charge in [0.25, 0.3) is 0 Å². The molecule has 0 spiro atoms. The molecule has 0 radical (unpaired) electrons. The Labute approximate surface area is 101 Å². The molecule has 0 aliphatic heterocycles. The van der Waals surface area contributed by atoms with Gasteiger partial charge in [0.1, 0.15) is 0 Å². The molecule has 1 rings (SSSR count). The number of nitrogens with two attached hydrogens (primary N) is 3. The van der Waals surface area contributed by atoms with Crippen molar-refractivity contribution in [2.45, 2.75) is 51.0 Å². The molecule has 9 N–H and O–H groups in total. The molecule has 0 amide bonds. The predicted octanol–water partition coefficient (Wildman–Crippen LogP) is -2.47. The van der Waals surface area contributed by atoms with Gasteiger partial charge in [-0.25, -0.2) is 0 Å². The summed E-state index contributed by atoms with van der Waals surface area (Å²) in [5.41, 5.74) is 0. The van der Waals surface area contributed by atoms with E-state index in [4.69, 9.17) is 28.3 Å². The molecule has 1 fully saturated rings. The number of nitrogens with one attached hydrogen (secondary N) is 3. The SMILES string of the molecule is [NH-][NH+](N)[NH+]([O-])O[N+](N)(N)C1CCCCCCC1. The minimum Gasteiger partial charge on any atom is -0.544 e.